The molecular formula is C12H19N5O2S. The third-order valence-corrected chi connectivity index (χ3v) is 4.81. The predicted octanol–water partition coefficient (Wildman–Crippen LogP) is -0.612. The molecule has 2 fully saturated rings. The number of nitrogens with two attached hydrogens (primary N) is 1. The fourth-order valence-electron chi connectivity index (χ4n) is 2.43. The first-order valence-electron chi connectivity index (χ1n) is 6.84. The van der Waals surface area contributed by atoms with Crippen LogP contribution in [0.5, 0.6) is 0 Å². The van der Waals surface area contributed by atoms with Gasteiger partial charge in [0, 0.05) is 32.2 Å². The second-order valence-electron chi connectivity index (χ2n) is 5.24. The van der Waals surface area contributed by atoms with Crippen molar-refractivity contribution in [3.05, 3.63) is 4.88 Å². The zero-order chi connectivity index (χ0) is 14.1. The zero-order valence-electron chi connectivity index (χ0n) is 11.1. The molecule has 1 aromatic heterocycles. The van der Waals surface area contributed by atoms with Crippen LogP contribution in [0.3, 0.4) is 0 Å². The number of carbonyl (C=O) groups excluding carboxylic acids is 1. The average Bonchev–Trinajstić information content (AvgIpc) is 2.80. The highest BCUT2D eigenvalue weighted by atomic mass is 32.1. The van der Waals surface area contributed by atoms with Crippen molar-refractivity contribution in [2.45, 2.75) is 25.0 Å². The van der Waals surface area contributed by atoms with E-state index in [4.69, 9.17) is 5.73 Å². The minimum atomic E-state index is -0.282. The van der Waals surface area contributed by atoms with E-state index in [0.29, 0.717) is 23.5 Å². The smallest absolute Gasteiger partial charge is 0.265 e. The molecule has 1 aliphatic heterocycles. The number of hydrogen-bond donors (Lipinski definition) is 4. The molecule has 1 aromatic rings. The molecule has 1 saturated carbocycles. The monoisotopic (exact) mass is 297 g/mol. The average molecular weight is 297 g/mol. The lowest BCUT2D eigenvalue weighted by Crippen LogP contribution is -2.46. The maximum Gasteiger partial charge on any atom is 0.265 e. The summed E-state index contributed by atoms with van der Waals surface area (Å²) in [5, 5.41) is 16.2. The van der Waals surface area contributed by atoms with E-state index in [2.05, 4.69) is 20.5 Å². The fraction of sp³-hybridized carbons (Fsp3) is 0.667. The summed E-state index contributed by atoms with van der Waals surface area (Å²) in [5.74, 6) is 0.110. The molecule has 1 saturated heterocycles. The van der Waals surface area contributed by atoms with Crippen molar-refractivity contribution in [3.63, 3.8) is 0 Å². The van der Waals surface area contributed by atoms with Crippen LogP contribution in [-0.4, -0.2) is 54.3 Å². The number of aliphatic hydroxyl groups excluding tert-OH is 1. The van der Waals surface area contributed by atoms with Crippen molar-refractivity contribution in [1.82, 2.24) is 15.6 Å². The van der Waals surface area contributed by atoms with Crippen molar-refractivity contribution >= 4 is 28.2 Å². The Morgan fingerprint density at radius 3 is 2.80 bits per heavy atom. The molecule has 0 radical (unpaired) electrons. The Balaban J connectivity index is 1.66. The van der Waals surface area contributed by atoms with Gasteiger partial charge < -0.3 is 26.4 Å². The minimum Gasteiger partial charge on any atom is -0.393 e. The molecule has 3 rings (SSSR count). The number of hydrogen-bond acceptors (Lipinski definition) is 7. The van der Waals surface area contributed by atoms with Gasteiger partial charge in [-0.1, -0.05) is 11.3 Å². The van der Waals surface area contributed by atoms with Gasteiger partial charge in [0.15, 0.2) is 5.13 Å². The standard InChI is InChI=1S/C12H19N5O2S/c13-10-9(11(19)15-7-5-8(18)6-7)20-12(16-10)17-3-1-14-2-4-17/h7-8,14,18H,1-6,13H2,(H,15,19). The summed E-state index contributed by atoms with van der Waals surface area (Å²) in [6.07, 6.45) is 0.958. The van der Waals surface area contributed by atoms with E-state index in [-0.39, 0.29) is 18.1 Å². The Kier molecular flexibility index (Phi) is 3.77. The van der Waals surface area contributed by atoms with Crippen LogP contribution in [-0.2, 0) is 0 Å². The summed E-state index contributed by atoms with van der Waals surface area (Å²) in [4.78, 5) is 19.1. The van der Waals surface area contributed by atoms with Gasteiger partial charge in [-0.25, -0.2) is 4.98 Å². The van der Waals surface area contributed by atoms with Crippen LogP contribution in [0.1, 0.15) is 22.5 Å². The lowest BCUT2D eigenvalue weighted by Gasteiger charge is -2.31. The van der Waals surface area contributed by atoms with Crippen LogP contribution in [0.25, 0.3) is 0 Å². The topological polar surface area (TPSA) is 104 Å². The van der Waals surface area contributed by atoms with Gasteiger partial charge in [-0.3, -0.25) is 4.79 Å². The molecule has 2 aliphatic rings. The molecule has 0 spiro atoms. The van der Waals surface area contributed by atoms with Crippen molar-refractivity contribution < 1.29 is 9.90 Å². The van der Waals surface area contributed by atoms with Crippen LogP contribution in [0.4, 0.5) is 10.9 Å². The van der Waals surface area contributed by atoms with Gasteiger partial charge >= 0.3 is 0 Å². The molecule has 110 valence electrons. The van der Waals surface area contributed by atoms with Gasteiger partial charge in [-0.2, -0.15) is 0 Å². The minimum absolute atomic E-state index is 0.0571. The first-order valence-corrected chi connectivity index (χ1v) is 7.66. The Bertz CT molecular complexity index is 494. The van der Waals surface area contributed by atoms with Crippen LogP contribution in [0.2, 0.25) is 0 Å². The molecule has 0 atom stereocenters. The summed E-state index contributed by atoms with van der Waals surface area (Å²) in [5.41, 5.74) is 5.86. The number of thiazole rings is 1. The van der Waals surface area contributed by atoms with E-state index in [1.54, 1.807) is 0 Å². The molecule has 5 N–H and O–H groups in total. The van der Waals surface area contributed by atoms with Crippen molar-refractivity contribution in [3.8, 4) is 0 Å². The van der Waals surface area contributed by atoms with Crippen LogP contribution in [0, 0.1) is 0 Å². The Morgan fingerprint density at radius 1 is 1.45 bits per heavy atom. The molecule has 2 heterocycles. The number of piperazine rings is 1. The molecule has 8 heteroatoms. The normalized spacial score (nSPS) is 26.1. The summed E-state index contributed by atoms with van der Waals surface area (Å²) in [6.45, 7) is 3.59. The number of aliphatic hydroxyl groups is 1. The highest BCUT2D eigenvalue weighted by Crippen LogP contribution is 2.29. The Morgan fingerprint density at radius 2 is 2.15 bits per heavy atom. The quantitative estimate of drug-likeness (QED) is 0.593. The third-order valence-electron chi connectivity index (χ3n) is 3.68. The number of nitrogens with zero attached hydrogens (tertiary/aromatic N) is 2. The van der Waals surface area contributed by atoms with E-state index in [9.17, 15) is 9.90 Å². The molecule has 0 aromatic carbocycles. The van der Waals surface area contributed by atoms with Crippen molar-refractivity contribution in [1.29, 1.82) is 0 Å². The third kappa shape index (κ3) is 2.72. The van der Waals surface area contributed by atoms with E-state index in [1.807, 2.05) is 0 Å². The van der Waals surface area contributed by atoms with Crippen molar-refractivity contribution in [2.75, 3.05) is 36.8 Å². The first kappa shape index (κ1) is 13.6. The Hall–Kier alpha value is -1.38. The highest BCUT2D eigenvalue weighted by molar-refractivity contribution is 7.18. The van der Waals surface area contributed by atoms with Crippen molar-refractivity contribution in [2.24, 2.45) is 0 Å². The molecule has 0 unspecified atom stereocenters. The summed E-state index contributed by atoms with van der Waals surface area (Å²) < 4.78 is 0. The van der Waals surface area contributed by atoms with Crippen LogP contribution >= 0.6 is 11.3 Å². The number of rotatable bonds is 3. The van der Waals surface area contributed by atoms with Gasteiger partial charge in [-0.05, 0) is 12.8 Å². The predicted molar refractivity (Wildman–Crippen MR) is 78.1 cm³/mol. The molecule has 1 amide bonds. The number of anilines is 2. The second-order valence-corrected chi connectivity index (χ2v) is 6.22. The largest absolute Gasteiger partial charge is 0.393 e. The summed E-state index contributed by atoms with van der Waals surface area (Å²) in [6, 6.07) is 0.0571. The van der Waals surface area contributed by atoms with E-state index < -0.39 is 0 Å². The SMILES string of the molecule is Nc1nc(N2CCNCC2)sc1C(=O)NC1CC(O)C1. The lowest BCUT2D eigenvalue weighted by atomic mass is 9.89. The number of nitrogen functional groups attached to an aromatic ring is 1. The maximum absolute atomic E-state index is 12.1. The van der Waals surface area contributed by atoms with Crippen LogP contribution < -0.4 is 21.3 Å². The number of aromatic nitrogens is 1. The second kappa shape index (κ2) is 5.55. The molecule has 1 aliphatic carbocycles. The fourth-order valence-corrected chi connectivity index (χ4v) is 3.37. The lowest BCUT2D eigenvalue weighted by molar-refractivity contribution is 0.0565. The summed E-state index contributed by atoms with van der Waals surface area (Å²) in [7, 11) is 0. The van der Waals surface area contributed by atoms with E-state index in [0.717, 1.165) is 31.3 Å². The summed E-state index contributed by atoms with van der Waals surface area (Å²) >= 11 is 1.34. The zero-order valence-corrected chi connectivity index (χ0v) is 11.9. The van der Waals surface area contributed by atoms with Gasteiger partial charge in [0.05, 0.1) is 6.10 Å². The molecular weight excluding hydrogens is 278 g/mol. The van der Waals surface area contributed by atoms with E-state index in [1.165, 1.54) is 11.3 Å². The van der Waals surface area contributed by atoms with Gasteiger partial charge in [-0.15, -0.1) is 0 Å². The first-order chi connectivity index (χ1) is 9.63. The van der Waals surface area contributed by atoms with Gasteiger partial charge in [0.25, 0.3) is 5.91 Å². The maximum atomic E-state index is 12.1. The molecule has 20 heavy (non-hydrogen) atoms. The molecule has 0 bridgehead atoms. The number of nitrogens with one attached hydrogen (secondary N) is 2. The van der Waals surface area contributed by atoms with Gasteiger partial charge in [0.2, 0.25) is 0 Å². The molecule has 7 nitrogen and oxygen atoms in total. The Labute approximate surface area is 121 Å². The van der Waals surface area contributed by atoms with Crippen LogP contribution in [0.15, 0.2) is 0 Å². The highest BCUT2D eigenvalue weighted by Gasteiger charge is 2.30. The van der Waals surface area contributed by atoms with E-state index >= 15 is 0 Å². The van der Waals surface area contributed by atoms with Gasteiger partial charge in [0.1, 0.15) is 10.7 Å². The number of carbonyl (C=O) groups is 1. The number of amides is 1.